The van der Waals surface area contributed by atoms with Gasteiger partial charge in [0.1, 0.15) is 0 Å². The summed E-state index contributed by atoms with van der Waals surface area (Å²) in [5.41, 5.74) is -0.711. The summed E-state index contributed by atoms with van der Waals surface area (Å²) in [7, 11) is 0. The number of carbonyl (C=O) groups is 1. The van der Waals surface area contributed by atoms with Gasteiger partial charge in [0, 0.05) is 38.0 Å². The van der Waals surface area contributed by atoms with E-state index in [0.717, 1.165) is 0 Å². The number of likely N-dealkylation sites (tertiary alicyclic amines) is 1. The smallest absolute Gasteiger partial charge is 0.407 e. The second kappa shape index (κ2) is 3.10. The van der Waals surface area contributed by atoms with Crippen molar-refractivity contribution in [3.8, 4) is 0 Å². The highest BCUT2D eigenvalue weighted by Gasteiger charge is 2.48. The van der Waals surface area contributed by atoms with Gasteiger partial charge in [-0.3, -0.25) is 0 Å². The van der Waals surface area contributed by atoms with Crippen LogP contribution in [0.5, 0.6) is 0 Å². The van der Waals surface area contributed by atoms with Gasteiger partial charge in [0.25, 0.3) is 0 Å². The van der Waals surface area contributed by atoms with Crippen molar-refractivity contribution < 1.29 is 15.0 Å². The Balaban J connectivity index is 2.16. The van der Waals surface area contributed by atoms with E-state index in [2.05, 4.69) is 5.32 Å². The molecule has 5 nitrogen and oxygen atoms in total. The fourth-order valence-corrected chi connectivity index (χ4v) is 2.44. The summed E-state index contributed by atoms with van der Waals surface area (Å²) in [6.45, 7) is 4.10. The van der Waals surface area contributed by atoms with E-state index in [4.69, 9.17) is 5.11 Å². The van der Waals surface area contributed by atoms with Crippen molar-refractivity contribution in [3.05, 3.63) is 0 Å². The second-order valence-electron chi connectivity index (χ2n) is 4.47. The average molecular weight is 200 g/mol. The lowest BCUT2D eigenvalue weighted by molar-refractivity contribution is -0.112. The quantitative estimate of drug-likeness (QED) is 0.496. The van der Waals surface area contributed by atoms with Gasteiger partial charge < -0.3 is 20.4 Å². The Morgan fingerprint density at radius 2 is 1.93 bits per heavy atom. The van der Waals surface area contributed by atoms with Crippen molar-refractivity contribution >= 4 is 6.09 Å². The zero-order valence-electron chi connectivity index (χ0n) is 8.23. The molecule has 2 unspecified atom stereocenters. The minimum absolute atomic E-state index is 0.0195. The standard InChI is InChI=1S/C9H16N2O3/c1-9(14)6-2-10-3-7(9)5-11(4-6)8(12)13/h6-7,10,14H,2-5H2,1H3,(H,12,13). The molecule has 0 aromatic heterocycles. The van der Waals surface area contributed by atoms with Gasteiger partial charge in [-0.2, -0.15) is 0 Å². The highest BCUT2D eigenvalue weighted by molar-refractivity contribution is 5.65. The number of hydrogen-bond acceptors (Lipinski definition) is 3. The van der Waals surface area contributed by atoms with Crippen LogP contribution >= 0.6 is 0 Å². The summed E-state index contributed by atoms with van der Waals surface area (Å²) >= 11 is 0. The van der Waals surface area contributed by atoms with Crippen LogP contribution in [0.25, 0.3) is 0 Å². The largest absolute Gasteiger partial charge is 0.465 e. The van der Waals surface area contributed by atoms with Gasteiger partial charge in [-0.15, -0.1) is 0 Å². The molecule has 2 bridgehead atoms. The third-order valence-electron chi connectivity index (χ3n) is 3.59. The molecule has 0 saturated carbocycles. The van der Waals surface area contributed by atoms with Crippen LogP contribution in [-0.2, 0) is 0 Å². The van der Waals surface area contributed by atoms with Gasteiger partial charge in [-0.1, -0.05) is 0 Å². The van der Waals surface area contributed by atoms with Crippen LogP contribution in [0.4, 0.5) is 4.79 Å². The van der Waals surface area contributed by atoms with E-state index in [0.29, 0.717) is 26.2 Å². The average Bonchev–Trinajstić information content (AvgIpc) is 2.00. The molecule has 2 aliphatic rings. The lowest BCUT2D eigenvalue weighted by Crippen LogP contribution is -2.65. The van der Waals surface area contributed by atoms with Crippen LogP contribution in [-0.4, -0.2) is 53.0 Å². The van der Waals surface area contributed by atoms with Crippen LogP contribution < -0.4 is 5.32 Å². The molecule has 0 aromatic rings. The van der Waals surface area contributed by atoms with Crippen LogP contribution in [0, 0.1) is 11.8 Å². The topological polar surface area (TPSA) is 72.8 Å². The van der Waals surface area contributed by atoms with E-state index < -0.39 is 11.7 Å². The third kappa shape index (κ3) is 1.36. The molecular weight excluding hydrogens is 184 g/mol. The first-order valence-electron chi connectivity index (χ1n) is 4.92. The van der Waals surface area contributed by atoms with Crippen molar-refractivity contribution in [2.75, 3.05) is 26.2 Å². The number of rotatable bonds is 0. The van der Waals surface area contributed by atoms with E-state index in [1.807, 2.05) is 6.92 Å². The lowest BCUT2D eigenvalue weighted by atomic mass is 9.72. The first kappa shape index (κ1) is 9.73. The normalized spacial score (nSPS) is 42.3. The molecule has 2 fully saturated rings. The number of piperidine rings is 2. The van der Waals surface area contributed by atoms with Gasteiger partial charge in [0.05, 0.1) is 5.60 Å². The van der Waals surface area contributed by atoms with Gasteiger partial charge in [0.2, 0.25) is 0 Å². The highest BCUT2D eigenvalue weighted by atomic mass is 16.4. The zero-order chi connectivity index (χ0) is 10.3. The van der Waals surface area contributed by atoms with Crippen LogP contribution in [0.15, 0.2) is 0 Å². The minimum Gasteiger partial charge on any atom is -0.465 e. The van der Waals surface area contributed by atoms with Crippen molar-refractivity contribution in [1.82, 2.24) is 10.2 Å². The second-order valence-corrected chi connectivity index (χ2v) is 4.47. The van der Waals surface area contributed by atoms with E-state index in [-0.39, 0.29) is 11.8 Å². The molecule has 3 N–H and O–H groups in total. The number of fused-ring (bicyclic) bond motifs is 2. The molecule has 2 atom stereocenters. The number of nitrogens with zero attached hydrogens (tertiary/aromatic N) is 1. The maximum Gasteiger partial charge on any atom is 0.407 e. The third-order valence-corrected chi connectivity index (χ3v) is 3.59. The fourth-order valence-electron chi connectivity index (χ4n) is 2.44. The molecule has 0 aliphatic carbocycles. The maximum atomic E-state index is 10.8. The summed E-state index contributed by atoms with van der Waals surface area (Å²) in [6, 6.07) is 0. The molecule has 0 aromatic carbocycles. The molecule has 2 saturated heterocycles. The Kier molecular flexibility index (Phi) is 2.16. The highest BCUT2D eigenvalue weighted by Crippen LogP contribution is 2.34. The van der Waals surface area contributed by atoms with Crippen LogP contribution in [0.1, 0.15) is 6.92 Å². The van der Waals surface area contributed by atoms with Crippen LogP contribution in [0.2, 0.25) is 0 Å². The van der Waals surface area contributed by atoms with Crippen molar-refractivity contribution in [2.24, 2.45) is 11.8 Å². The Hall–Kier alpha value is -0.810. The molecule has 1 amide bonds. The molecule has 5 heteroatoms. The van der Waals surface area contributed by atoms with E-state index in [1.54, 1.807) is 0 Å². The number of carboxylic acid groups (broad SMARTS) is 1. The van der Waals surface area contributed by atoms with E-state index in [9.17, 15) is 9.90 Å². The Bertz CT molecular complexity index is 238. The molecule has 14 heavy (non-hydrogen) atoms. The van der Waals surface area contributed by atoms with Crippen molar-refractivity contribution in [3.63, 3.8) is 0 Å². The Labute approximate surface area is 82.7 Å². The maximum absolute atomic E-state index is 10.8. The predicted molar refractivity (Wildman–Crippen MR) is 50.1 cm³/mol. The Morgan fingerprint density at radius 3 is 2.36 bits per heavy atom. The first-order valence-corrected chi connectivity index (χ1v) is 4.92. The van der Waals surface area contributed by atoms with Gasteiger partial charge in [-0.25, -0.2) is 4.79 Å². The monoisotopic (exact) mass is 200 g/mol. The zero-order valence-corrected chi connectivity index (χ0v) is 8.23. The first-order chi connectivity index (χ1) is 6.51. The molecule has 0 spiro atoms. The predicted octanol–water partition coefficient (Wildman–Crippen LogP) is -0.433. The lowest BCUT2D eigenvalue weighted by Gasteiger charge is -2.50. The van der Waals surface area contributed by atoms with Gasteiger partial charge >= 0.3 is 6.09 Å². The number of hydrogen-bond donors (Lipinski definition) is 3. The fraction of sp³-hybridized carbons (Fsp3) is 0.889. The van der Waals surface area contributed by atoms with E-state index >= 15 is 0 Å². The SMILES string of the molecule is CC1(O)C2CNCC1CN(C(=O)O)C2. The van der Waals surface area contributed by atoms with Crippen LogP contribution in [0.3, 0.4) is 0 Å². The summed E-state index contributed by atoms with van der Waals surface area (Å²) < 4.78 is 0. The van der Waals surface area contributed by atoms with Gasteiger partial charge in [0.15, 0.2) is 0 Å². The molecule has 80 valence electrons. The summed E-state index contributed by atoms with van der Waals surface area (Å²) in [5, 5.41) is 22.3. The van der Waals surface area contributed by atoms with E-state index in [1.165, 1.54) is 4.90 Å². The number of amides is 1. The van der Waals surface area contributed by atoms with Crippen molar-refractivity contribution in [2.45, 2.75) is 12.5 Å². The summed E-state index contributed by atoms with van der Waals surface area (Å²) in [6.07, 6.45) is -0.877. The minimum atomic E-state index is -0.877. The Morgan fingerprint density at radius 1 is 1.43 bits per heavy atom. The summed E-state index contributed by atoms with van der Waals surface area (Å²) in [4.78, 5) is 12.2. The molecule has 0 radical (unpaired) electrons. The molecule has 2 heterocycles. The number of nitrogens with one attached hydrogen (secondary N) is 1. The molecule has 2 rings (SSSR count). The molecule has 2 aliphatic heterocycles. The molecular formula is C9H16N2O3. The van der Waals surface area contributed by atoms with Gasteiger partial charge in [-0.05, 0) is 6.92 Å². The summed E-state index contributed by atoms with van der Waals surface area (Å²) in [5.74, 6) is 0.0391. The number of aliphatic hydroxyl groups is 1. The van der Waals surface area contributed by atoms with Crippen molar-refractivity contribution in [1.29, 1.82) is 0 Å².